The van der Waals surface area contributed by atoms with Gasteiger partial charge in [-0.3, -0.25) is 0 Å². The summed E-state index contributed by atoms with van der Waals surface area (Å²) in [5.41, 5.74) is 9.01. The highest BCUT2D eigenvalue weighted by Crippen LogP contribution is 2.43. The first-order chi connectivity index (χ1) is 15.9. The smallest absolute Gasteiger partial charge is 0.0541 e. The highest BCUT2D eigenvalue weighted by molar-refractivity contribution is 6.10. The summed E-state index contributed by atoms with van der Waals surface area (Å²) < 4.78 is 2.37. The molecule has 1 aliphatic carbocycles. The Morgan fingerprint density at radius 3 is 2.44 bits per heavy atom. The maximum Gasteiger partial charge on any atom is 0.0541 e. The quantitative estimate of drug-likeness (QED) is 0.294. The van der Waals surface area contributed by atoms with Gasteiger partial charge >= 0.3 is 0 Å². The average Bonchev–Trinajstić information content (AvgIpc) is 3.39. The molecule has 0 radical (unpaired) electrons. The Hall–Kier alpha value is -3.78. The Bertz CT molecular complexity index is 1510. The molecule has 0 saturated heterocycles. The monoisotopic (exact) mass is 412 g/mol. The topological polar surface area (TPSA) is 17.0 Å². The molecule has 2 unspecified atom stereocenters. The molecule has 1 aliphatic heterocycles. The zero-order valence-electron chi connectivity index (χ0n) is 17.8. The minimum atomic E-state index is 0.502. The van der Waals surface area contributed by atoms with Gasteiger partial charge in [0.25, 0.3) is 0 Å². The van der Waals surface area contributed by atoms with E-state index < -0.39 is 0 Å². The largest absolute Gasteiger partial charge is 0.381 e. The molecule has 2 atom stereocenters. The first kappa shape index (κ1) is 17.9. The van der Waals surface area contributed by atoms with Crippen molar-refractivity contribution in [3.63, 3.8) is 0 Å². The molecule has 0 saturated carbocycles. The Labute approximate surface area is 187 Å². The number of rotatable bonds is 2. The third kappa shape index (κ3) is 2.59. The second-order valence-electron chi connectivity index (χ2n) is 9.00. The molecule has 7 rings (SSSR count). The van der Waals surface area contributed by atoms with Crippen LogP contribution in [0.5, 0.6) is 0 Å². The lowest BCUT2D eigenvalue weighted by atomic mass is 9.87. The second kappa shape index (κ2) is 6.86. The van der Waals surface area contributed by atoms with Crippen molar-refractivity contribution in [1.29, 1.82) is 0 Å². The molecule has 4 aromatic carbocycles. The number of nitrogens with zero attached hydrogens (tertiary/aromatic N) is 1. The van der Waals surface area contributed by atoms with Crippen molar-refractivity contribution >= 4 is 27.5 Å². The molecule has 5 aromatic rings. The lowest BCUT2D eigenvalue weighted by molar-refractivity contribution is 0.607. The van der Waals surface area contributed by atoms with E-state index in [1.165, 1.54) is 62.7 Å². The van der Waals surface area contributed by atoms with Crippen LogP contribution in [0.1, 0.15) is 24.3 Å². The summed E-state index contributed by atoms with van der Waals surface area (Å²) >= 11 is 0. The lowest BCUT2D eigenvalue weighted by Gasteiger charge is -2.20. The van der Waals surface area contributed by atoms with Crippen LogP contribution >= 0.6 is 0 Å². The fraction of sp³-hybridized carbons (Fsp3) is 0.133. The van der Waals surface area contributed by atoms with Gasteiger partial charge in [0.05, 0.1) is 11.0 Å². The molecular weight excluding hydrogens is 388 g/mol. The predicted octanol–water partition coefficient (Wildman–Crippen LogP) is 7.68. The van der Waals surface area contributed by atoms with Gasteiger partial charge in [0.1, 0.15) is 0 Å². The molecule has 2 heteroatoms. The maximum atomic E-state index is 3.74. The minimum absolute atomic E-state index is 0.502. The fourth-order valence-corrected chi connectivity index (χ4v) is 5.67. The van der Waals surface area contributed by atoms with Crippen LogP contribution in [0.3, 0.4) is 0 Å². The van der Waals surface area contributed by atoms with Crippen LogP contribution in [-0.2, 0) is 0 Å². The number of nitrogens with one attached hydrogen (secondary N) is 1. The van der Waals surface area contributed by atoms with E-state index in [2.05, 4.69) is 113 Å². The normalized spacial score (nSPS) is 19.1. The SMILES string of the molecule is C1=CC2c3cc(-c4ccc5c(c4)c4ccccc4n5-c4ccccc4)ccc3NC2CC1. The van der Waals surface area contributed by atoms with Crippen molar-refractivity contribution in [3.8, 4) is 16.8 Å². The van der Waals surface area contributed by atoms with Crippen molar-refractivity contribution in [2.45, 2.75) is 24.8 Å². The summed E-state index contributed by atoms with van der Waals surface area (Å²) in [6, 6.07) is 33.8. The molecule has 1 N–H and O–H groups in total. The van der Waals surface area contributed by atoms with Gasteiger partial charge in [-0.05, 0) is 72.0 Å². The number of hydrogen-bond acceptors (Lipinski definition) is 1. The molecule has 1 aromatic heterocycles. The van der Waals surface area contributed by atoms with Crippen LogP contribution in [0.2, 0.25) is 0 Å². The standard InChI is InChI=1S/C30H24N2/c1-2-8-22(9-3-1)32-29-13-7-5-11-24(29)26-19-21(15-17-30(26)32)20-14-16-28-25(18-20)23-10-4-6-12-27(23)31-28/h1-5,7-11,13-19,23,27,31H,6,12H2. The van der Waals surface area contributed by atoms with E-state index in [0.29, 0.717) is 12.0 Å². The zero-order valence-corrected chi connectivity index (χ0v) is 17.8. The van der Waals surface area contributed by atoms with Gasteiger partial charge in [0.15, 0.2) is 0 Å². The van der Waals surface area contributed by atoms with Crippen molar-refractivity contribution in [1.82, 2.24) is 4.57 Å². The van der Waals surface area contributed by atoms with Crippen molar-refractivity contribution in [3.05, 3.63) is 109 Å². The highest BCUT2D eigenvalue weighted by Gasteiger charge is 2.31. The Morgan fingerprint density at radius 1 is 0.719 bits per heavy atom. The van der Waals surface area contributed by atoms with Gasteiger partial charge in [-0.25, -0.2) is 0 Å². The predicted molar refractivity (Wildman–Crippen MR) is 135 cm³/mol. The van der Waals surface area contributed by atoms with Gasteiger partial charge in [-0.1, -0.05) is 60.7 Å². The Morgan fingerprint density at radius 2 is 1.50 bits per heavy atom. The zero-order chi connectivity index (χ0) is 21.1. The van der Waals surface area contributed by atoms with Crippen LogP contribution in [0.15, 0.2) is 103 Å². The van der Waals surface area contributed by atoms with E-state index in [-0.39, 0.29) is 0 Å². The summed E-state index contributed by atoms with van der Waals surface area (Å²) in [5.74, 6) is 0.502. The third-order valence-corrected chi connectivity index (χ3v) is 7.19. The number of para-hydroxylation sites is 2. The molecule has 2 aliphatic rings. The van der Waals surface area contributed by atoms with Crippen LogP contribution in [-0.4, -0.2) is 10.6 Å². The molecule has 0 amide bonds. The first-order valence-corrected chi connectivity index (χ1v) is 11.5. The molecule has 2 nitrogen and oxygen atoms in total. The van der Waals surface area contributed by atoms with Gasteiger partial charge in [-0.2, -0.15) is 0 Å². The number of benzene rings is 4. The van der Waals surface area contributed by atoms with E-state index in [1.807, 2.05) is 0 Å². The minimum Gasteiger partial charge on any atom is -0.381 e. The summed E-state index contributed by atoms with van der Waals surface area (Å²) in [5, 5.41) is 6.34. The van der Waals surface area contributed by atoms with Gasteiger partial charge in [0.2, 0.25) is 0 Å². The summed E-state index contributed by atoms with van der Waals surface area (Å²) in [4.78, 5) is 0. The highest BCUT2D eigenvalue weighted by atomic mass is 15.0. The van der Waals surface area contributed by atoms with Crippen LogP contribution in [0, 0.1) is 0 Å². The van der Waals surface area contributed by atoms with Gasteiger partial charge in [-0.15, -0.1) is 0 Å². The van der Waals surface area contributed by atoms with E-state index in [1.54, 1.807) is 0 Å². The third-order valence-electron chi connectivity index (χ3n) is 7.19. The molecule has 0 fully saturated rings. The van der Waals surface area contributed by atoms with Crippen LogP contribution in [0.25, 0.3) is 38.6 Å². The summed E-state index contributed by atoms with van der Waals surface area (Å²) in [6.07, 6.45) is 7.13. The molecule has 0 spiro atoms. The number of aromatic nitrogens is 1. The number of hydrogen-bond donors (Lipinski definition) is 1. The Balaban J connectivity index is 1.41. The van der Waals surface area contributed by atoms with Gasteiger partial charge < -0.3 is 9.88 Å². The van der Waals surface area contributed by atoms with Gasteiger partial charge in [0, 0.05) is 34.1 Å². The van der Waals surface area contributed by atoms with Crippen LogP contribution in [0.4, 0.5) is 5.69 Å². The number of anilines is 1. The van der Waals surface area contributed by atoms with E-state index in [4.69, 9.17) is 0 Å². The summed E-state index contributed by atoms with van der Waals surface area (Å²) in [7, 11) is 0. The fourth-order valence-electron chi connectivity index (χ4n) is 5.67. The van der Waals surface area contributed by atoms with E-state index >= 15 is 0 Å². The van der Waals surface area contributed by atoms with Crippen molar-refractivity contribution in [2.24, 2.45) is 0 Å². The molecule has 32 heavy (non-hydrogen) atoms. The van der Waals surface area contributed by atoms with Crippen LogP contribution < -0.4 is 5.32 Å². The number of fused-ring (bicyclic) bond motifs is 6. The maximum absolute atomic E-state index is 3.74. The van der Waals surface area contributed by atoms with E-state index in [0.717, 1.165) is 0 Å². The average molecular weight is 413 g/mol. The molecule has 154 valence electrons. The first-order valence-electron chi connectivity index (χ1n) is 11.5. The van der Waals surface area contributed by atoms with Crippen molar-refractivity contribution < 1.29 is 0 Å². The lowest BCUT2D eigenvalue weighted by Crippen LogP contribution is -2.21. The Kier molecular flexibility index (Phi) is 3.83. The molecular formula is C30H24N2. The summed E-state index contributed by atoms with van der Waals surface area (Å²) in [6.45, 7) is 0. The molecule has 2 heterocycles. The number of allylic oxidation sites excluding steroid dienone is 1. The van der Waals surface area contributed by atoms with E-state index in [9.17, 15) is 0 Å². The van der Waals surface area contributed by atoms with Crippen molar-refractivity contribution in [2.75, 3.05) is 5.32 Å². The second-order valence-corrected chi connectivity index (χ2v) is 9.00. The molecule has 0 bridgehead atoms.